The summed E-state index contributed by atoms with van der Waals surface area (Å²) in [4.78, 5) is 8.98. The summed E-state index contributed by atoms with van der Waals surface area (Å²) in [5, 5.41) is 12.0. The van der Waals surface area contributed by atoms with Crippen LogP contribution in [-0.2, 0) is 0 Å². The first-order valence-electron chi connectivity index (χ1n) is 6.58. The van der Waals surface area contributed by atoms with Gasteiger partial charge in [0.15, 0.2) is 0 Å². The van der Waals surface area contributed by atoms with Crippen molar-refractivity contribution in [1.29, 1.82) is 5.26 Å². The lowest BCUT2D eigenvalue weighted by molar-refractivity contribution is 0.615. The molecule has 6 heteroatoms. The van der Waals surface area contributed by atoms with E-state index in [0.29, 0.717) is 11.1 Å². The van der Waals surface area contributed by atoms with Crippen LogP contribution in [0.3, 0.4) is 0 Å². The average molecular weight is 317 g/mol. The molecule has 0 N–H and O–H groups in total. The summed E-state index contributed by atoms with van der Waals surface area (Å²) in [6.45, 7) is 3.96. The summed E-state index contributed by atoms with van der Waals surface area (Å²) in [6.07, 6.45) is 1.79. The summed E-state index contributed by atoms with van der Waals surface area (Å²) >= 11 is 7.90. The molecule has 0 saturated carbocycles. The van der Waals surface area contributed by atoms with Crippen molar-refractivity contribution in [3.05, 3.63) is 46.2 Å². The Morgan fingerprint density at radius 1 is 1.38 bits per heavy atom. The molecule has 4 nitrogen and oxygen atoms in total. The molecular weight excluding hydrogens is 304 g/mol. The zero-order chi connectivity index (χ0) is 15.0. The van der Waals surface area contributed by atoms with Gasteiger partial charge in [-0.2, -0.15) is 5.26 Å². The van der Waals surface area contributed by atoms with Crippen molar-refractivity contribution in [2.24, 2.45) is 0 Å². The molecule has 0 saturated heterocycles. The van der Waals surface area contributed by atoms with Crippen LogP contribution in [-0.4, -0.2) is 14.5 Å². The molecule has 0 aliphatic rings. The van der Waals surface area contributed by atoms with E-state index in [4.69, 9.17) is 11.6 Å². The van der Waals surface area contributed by atoms with Gasteiger partial charge in [0, 0.05) is 11.6 Å². The predicted molar refractivity (Wildman–Crippen MR) is 84.6 cm³/mol. The topological polar surface area (TPSA) is 54.5 Å². The van der Waals surface area contributed by atoms with Gasteiger partial charge in [-0.3, -0.25) is 0 Å². The third-order valence-electron chi connectivity index (χ3n) is 3.42. The van der Waals surface area contributed by atoms with Crippen molar-refractivity contribution < 1.29 is 0 Å². The van der Waals surface area contributed by atoms with Crippen molar-refractivity contribution in [1.82, 2.24) is 14.5 Å². The second-order valence-corrected chi connectivity index (χ2v) is 6.37. The molecule has 2 atom stereocenters. The SMILES string of the molecule is CC(Cl)c1nc2c(C#N)cccc2n1C(C)c1nccs1. The number of aromatic nitrogens is 3. The lowest BCUT2D eigenvalue weighted by Crippen LogP contribution is -2.11. The van der Waals surface area contributed by atoms with Gasteiger partial charge in [0.25, 0.3) is 0 Å². The maximum Gasteiger partial charge on any atom is 0.128 e. The van der Waals surface area contributed by atoms with Gasteiger partial charge < -0.3 is 4.57 Å². The minimum atomic E-state index is -0.244. The molecule has 0 spiro atoms. The third-order valence-corrected chi connectivity index (χ3v) is 4.56. The number of rotatable bonds is 3. The zero-order valence-electron chi connectivity index (χ0n) is 11.6. The molecule has 2 heterocycles. The number of benzene rings is 1. The van der Waals surface area contributed by atoms with E-state index < -0.39 is 0 Å². The standard InChI is InChI=1S/C15H13ClN4S/c1-9(16)14-19-13-11(8-17)4-3-5-12(13)20(14)10(2)15-18-6-7-21-15/h3-7,9-10H,1-2H3. The van der Waals surface area contributed by atoms with Crippen LogP contribution >= 0.6 is 22.9 Å². The smallest absolute Gasteiger partial charge is 0.128 e. The second-order valence-electron chi connectivity index (χ2n) is 4.79. The monoisotopic (exact) mass is 316 g/mol. The van der Waals surface area contributed by atoms with E-state index >= 15 is 0 Å². The number of hydrogen-bond donors (Lipinski definition) is 0. The van der Waals surface area contributed by atoms with E-state index in [2.05, 4.69) is 27.5 Å². The lowest BCUT2D eigenvalue weighted by Gasteiger charge is -2.16. The molecule has 0 aliphatic heterocycles. The number of hydrogen-bond acceptors (Lipinski definition) is 4. The molecule has 0 fully saturated rings. The minimum absolute atomic E-state index is 0.0279. The molecule has 0 amide bonds. The molecule has 106 valence electrons. The molecule has 0 bridgehead atoms. The molecule has 2 unspecified atom stereocenters. The largest absolute Gasteiger partial charge is 0.317 e. The Labute approximate surface area is 131 Å². The van der Waals surface area contributed by atoms with Crippen LogP contribution in [0.2, 0.25) is 0 Å². The van der Waals surface area contributed by atoms with Crippen LogP contribution in [0.15, 0.2) is 29.8 Å². The molecule has 1 aromatic carbocycles. The predicted octanol–water partition coefficient (Wildman–Crippen LogP) is 4.27. The summed E-state index contributed by atoms with van der Waals surface area (Å²) < 4.78 is 2.08. The number of alkyl halides is 1. The summed E-state index contributed by atoms with van der Waals surface area (Å²) in [5.74, 6) is 0.761. The van der Waals surface area contributed by atoms with Gasteiger partial charge in [-0.25, -0.2) is 9.97 Å². The highest BCUT2D eigenvalue weighted by atomic mass is 35.5. The van der Waals surface area contributed by atoms with Crippen molar-refractivity contribution >= 4 is 34.0 Å². The van der Waals surface area contributed by atoms with Crippen LogP contribution < -0.4 is 0 Å². The van der Waals surface area contributed by atoms with Crippen molar-refractivity contribution in [3.8, 4) is 6.07 Å². The fraction of sp³-hybridized carbons (Fsp3) is 0.267. The molecule has 21 heavy (non-hydrogen) atoms. The highest BCUT2D eigenvalue weighted by Crippen LogP contribution is 2.32. The first kappa shape index (κ1) is 14.1. The van der Waals surface area contributed by atoms with Gasteiger partial charge in [-0.05, 0) is 26.0 Å². The van der Waals surface area contributed by atoms with Crippen LogP contribution in [0, 0.1) is 11.3 Å². The van der Waals surface area contributed by atoms with Crippen molar-refractivity contribution in [3.63, 3.8) is 0 Å². The van der Waals surface area contributed by atoms with Crippen LogP contribution in [0.4, 0.5) is 0 Å². The van der Waals surface area contributed by atoms with Gasteiger partial charge in [0.2, 0.25) is 0 Å². The zero-order valence-corrected chi connectivity index (χ0v) is 13.2. The number of fused-ring (bicyclic) bond motifs is 1. The third kappa shape index (κ3) is 2.31. The van der Waals surface area contributed by atoms with Gasteiger partial charge in [0.1, 0.15) is 22.4 Å². The number of para-hydroxylation sites is 1. The lowest BCUT2D eigenvalue weighted by atomic mass is 10.2. The van der Waals surface area contributed by atoms with E-state index in [9.17, 15) is 5.26 Å². The van der Waals surface area contributed by atoms with E-state index in [1.165, 1.54) is 0 Å². The van der Waals surface area contributed by atoms with Gasteiger partial charge >= 0.3 is 0 Å². The van der Waals surface area contributed by atoms with Crippen molar-refractivity contribution in [2.45, 2.75) is 25.3 Å². The molecule has 3 aromatic rings. The normalized spacial score (nSPS) is 14.0. The maximum absolute atomic E-state index is 9.25. The average Bonchev–Trinajstić information content (AvgIpc) is 3.13. The van der Waals surface area contributed by atoms with E-state index in [0.717, 1.165) is 16.3 Å². The van der Waals surface area contributed by atoms with Gasteiger partial charge in [-0.1, -0.05) is 6.07 Å². The fourth-order valence-corrected chi connectivity index (χ4v) is 3.30. The van der Waals surface area contributed by atoms with Crippen molar-refractivity contribution in [2.75, 3.05) is 0 Å². The summed E-state index contributed by atoms with van der Waals surface area (Å²) in [7, 11) is 0. The Hall–Kier alpha value is -1.90. The van der Waals surface area contributed by atoms with Gasteiger partial charge in [-0.15, -0.1) is 22.9 Å². The van der Waals surface area contributed by atoms with Crippen LogP contribution in [0.25, 0.3) is 11.0 Å². The highest BCUT2D eigenvalue weighted by molar-refractivity contribution is 7.09. The number of nitrogens with zero attached hydrogens (tertiary/aromatic N) is 4. The number of thiazole rings is 1. The summed E-state index contributed by atoms with van der Waals surface area (Å²) in [6, 6.07) is 7.83. The van der Waals surface area contributed by atoms with E-state index in [1.54, 1.807) is 23.6 Å². The Bertz CT molecular complexity index is 814. The van der Waals surface area contributed by atoms with Crippen LogP contribution in [0.5, 0.6) is 0 Å². The maximum atomic E-state index is 9.25. The molecule has 3 rings (SSSR count). The molecule has 2 aromatic heterocycles. The van der Waals surface area contributed by atoms with E-state index in [-0.39, 0.29) is 11.4 Å². The Morgan fingerprint density at radius 3 is 2.81 bits per heavy atom. The fourth-order valence-electron chi connectivity index (χ4n) is 2.46. The first-order chi connectivity index (χ1) is 10.1. The molecular formula is C15H13ClN4S. The Balaban J connectivity index is 2.30. The Morgan fingerprint density at radius 2 is 2.19 bits per heavy atom. The van der Waals surface area contributed by atoms with E-state index in [1.807, 2.05) is 24.4 Å². The minimum Gasteiger partial charge on any atom is -0.317 e. The first-order valence-corrected chi connectivity index (χ1v) is 7.89. The molecule has 0 aliphatic carbocycles. The number of halogens is 1. The highest BCUT2D eigenvalue weighted by Gasteiger charge is 2.22. The Kier molecular flexibility index (Phi) is 3.66. The number of imidazole rings is 1. The molecule has 0 radical (unpaired) electrons. The summed E-state index contributed by atoms with van der Waals surface area (Å²) in [5.41, 5.74) is 2.18. The van der Waals surface area contributed by atoms with Crippen LogP contribution in [0.1, 0.15) is 41.7 Å². The quantitative estimate of drug-likeness (QED) is 0.678. The van der Waals surface area contributed by atoms with Gasteiger partial charge in [0.05, 0.1) is 22.5 Å². The number of nitriles is 1. The second kappa shape index (κ2) is 5.47.